The van der Waals surface area contributed by atoms with Crippen molar-refractivity contribution in [1.82, 2.24) is 20.2 Å². The SMILES string of the molecule is O=C(Cc1ccccc1)NC1C(=O)N2C(C(=O)O)=C(Sc3nc(-c4ccncc4)cs3)CS[C@@H]12. The molecule has 2 atom stereocenters. The summed E-state index contributed by atoms with van der Waals surface area (Å²) < 4.78 is 0.695. The van der Waals surface area contributed by atoms with Crippen LogP contribution >= 0.6 is 34.9 Å². The van der Waals surface area contributed by atoms with Crippen molar-refractivity contribution in [3.8, 4) is 11.3 Å². The summed E-state index contributed by atoms with van der Waals surface area (Å²) in [5.41, 5.74) is 2.53. The number of rotatable bonds is 7. The van der Waals surface area contributed by atoms with Gasteiger partial charge in [0, 0.05) is 34.0 Å². The van der Waals surface area contributed by atoms with Crippen LogP contribution in [0.4, 0.5) is 0 Å². The molecule has 2 amide bonds. The number of fused-ring (bicyclic) bond motifs is 1. The van der Waals surface area contributed by atoms with Gasteiger partial charge in [-0.1, -0.05) is 42.1 Å². The molecule has 0 bridgehead atoms. The molecular weight excluding hydrogens is 492 g/mol. The highest BCUT2D eigenvalue weighted by atomic mass is 32.2. The van der Waals surface area contributed by atoms with Gasteiger partial charge in [0.1, 0.15) is 17.1 Å². The number of amides is 2. The number of carbonyl (C=O) groups is 3. The second-order valence-electron chi connectivity index (χ2n) is 7.53. The zero-order valence-corrected chi connectivity index (χ0v) is 20.0. The van der Waals surface area contributed by atoms with Crippen molar-refractivity contribution in [2.45, 2.75) is 22.2 Å². The summed E-state index contributed by atoms with van der Waals surface area (Å²) >= 11 is 4.12. The maximum atomic E-state index is 12.9. The molecule has 2 aliphatic heterocycles. The van der Waals surface area contributed by atoms with E-state index in [1.807, 2.05) is 47.8 Å². The van der Waals surface area contributed by atoms with Crippen molar-refractivity contribution in [2.24, 2.45) is 0 Å². The fourth-order valence-corrected chi connectivity index (χ4v) is 7.20. The van der Waals surface area contributed by atoms with Crippen LogP contribution in [0.25, 0.3) is 11.3 Å². The number of aliphatic carboxylic acids is 1. The van der Waals surface area contributed by atoms with E-state index in [4.69, 9.17) is 0 Å². The minimum absolute atomic E-state index is 0.0343. The molecule has 2 N–H and O–H groups in total. The van der Waals surface area contributed by atoms with E-state index in [-0.39, 0.29) is 18.0 Å². The van der Waals surface area contributed by atoms with Crippen LogP contribution in [0, 0.1) is 0 Å². The highest BCUT2D eigenvalue weighted by molar-refractivity contribution is 8.07. The number of thioether (sulfide) groups is 2. The highest BCUT2D eigenvalue weighted by Gasteiger charge is 2.54. The number of benzene rings is 1. The number of carboxylic acids is 1. The molecule has 1 saturated heterocycles. The van der Waals surface area contributed by atoms with E-state index in [0.717, 1.165) is 16.8 Å². The molecule has 2 aliphatic rings. The van der Waals surface area contributed by atoms with E-state index in [2.05, 4.69) is 15.3 Å². The Labute approximate surface area is 207 Å². The number of hydrogen-bond donors (Lipinski definition) is 2. The molecule has 0 aliphatic carbocycles. The van der Waals surface area contributed by atoms with Gasteiger partial charge in [-0.15, -0.1) is 23.1 Å². The van der Waals surface area contributed by atoms with Gasteiger partial charge in [-0.25, -0.2) is 9.78 Å². The van der Waals surface area contributed by atoms with Crippen LogP contribution in [-0.4, -0.2) is 54.9 Å². The Balaban J connectivity index is 1.30. The van der Waals surface area contributed by atoms with E-state index in [1.54, 1.807) is 12.4 Å². The van der Waals surface area contributed by atoms with E-state index in [0.29, 0.717) is 15.0 Å². The largest absolute Gasteiger partial charge is 0.477 e. The zero-order valence-electron chi connectivity index (χ0n) is 17.6. The van der Waals surface area contributed by atoms with Gasteiger partial charge in [-0.2, -0.15) is 0 Å². The predicted octanol–water partition coefficient (Wildman–Crippen LogP) is 3.24. The van der Waals surface area contributed by atoms with Crippen molar-refractivity contribution in [2.75, 3.05) is 5.75 Å². The van der Waals surface area contributed by atoms with E-state index in [9.17, 15) is 19.5 Å². The molecule has 0 spiro atoms. The maximum Gasteiger partial charge on any atom is 0.353 e. The Hall–Kier alpha value is -3.15. The monoisotopic (exact) mass is 510 g/mol. The van der Waals surface area contributed by atoms with Gasteiger partial charge < -0.3 is 10.4 Å². The summed E-state index contributed by atoms with van der Waals surface area (Å²) in [7, 11) is 0. The summed E-state index contributed by atoms with van der Waals surface area (Å²) in [5.74, 6) is -1.43. The topological polar surface area (TPSA) is 112 Å². The molecule has 4 heterocycles. The number of aromatic nitrogens is 2. The normalized spacial score (nSPS) is 19.4. The minimum Gasteiger partial charge on any atom is -0.477 e. The first-order valence-corrected chi connectivity index (χ1v) is 13.0. The molecule has 0 radical (unpaired) electrons. The summed E-state index contributed by atoms with van der Waals surface area (Å²) in [6.45, 7) is 0. The summed E-state index contributed by atoms with van der Waals surface area (Å²) in [6, 6.07) is 12.2. The van der Waals surface area contributed by atoms with Crippen molar-refractivity contribution >= 4 is 52.6 Å². The lowest BCUT2D eigenvalue weighted by Gasteiger charge is -2.49. The number of β-lactam (4-membered cyclic amide) rings is 1. The lowest BCUT2D eigenvalue weighted by molar-refractivity contribution is -0.150. The first kappa shape index (κ1) is 22.6. The first-order valence-electron chi connectivity index (χ1n) is 10.3. The van der Waals surface area contributed by atoms with Crippen LogP contribution in [-0.2, 0) is 20.8 Å². The van der Waals surface area contributed by atoms with Crippen molar-refractivity contribution < 1.29 is 19.5 Å². The first-order chi connectivity index (χ1) is 16.5. The van der Waals surface area contributed by atoms with Crippen LogP contribution in [0.15, 0.2) is 75.2 Å². The third kappa shape index (κ3) is 4.46. The molecule has 34 heavy (non-hydrogen) atoms. The lowest BCUT2D eigenvalue weighted by atomic mass is 10.0. The number of thiazole rings is 1. The van der Waals surface area contributed by atoms with Crippen molar-refractivity contribution in [3.05, 3.63) is 76.4 Å². The van der Waals surface area contributed by atoms with Crippen molar-refractivity contribution in [1.29, 1.82) is 0 Å². The van der Waals surface area contributed by atoms with E-state index in [1.165, 1.54) is 39.8 Å². The fraction of sp³-hybridized carbons (Fsp3) is 0.174. The Kier molecular flexibility index (Phi) is 6.40. The highest BCUT2D eigenvalue weighted by Crippen LogP contribution is 2.46. The van der Waals surface area contributed by atoms with Gasteiger partial charge in [0.2, 0.25) is 5.91 Å². The molecule has 1 aromatic carbocycles. The smallest absolute Gasteiger partial charge is 0.353 e. The molecular formula is C23H18N4O4S3. The number of nitrogens with one attached hydrogen (secondary N) is 1. The summed E-state index contributed by atoms with van der Waals surface area (Å²) in [6.07, 6.45) is 3.54. The third-order valence-corrected chi connectivity index (χ3v) is 8.81. The second kappa shape index (κ2) is 9.61. The molecule has 2 aromatic heterocycles. The van der Waals surface area contributed by atoms with Gasteiger partial charge >= 0.3 is 5.97 Å². The number of hydrogen-bond acceptors (Lipinski definition) is 8. The lowest BCUT2D eigenvalue weighted by Crippen LogP contribution is -2.70. The standard InChI is InChI=1S/C23H18N4O4S3/c28-17(10-13-4-2-1-3-5-13)26-18-20(29)27-19(22(30)31)16(12-32-21(18)27)34-23-25-15(11-33-23)14-6-8-24-9-7-14/h1-9,11,18,21H,10,12H2,(H,26,28)(H,30,31)/t18?,21-/m0/s1. The average molecular weight is 511 g/mol. The van der Waals surface area contributed by atoms with E-state index >= 15 is 0 Å². The van der Waals surface area contributed by atoms with Crippen LogP contribution in [0.1, 0.15) is 5.56 Å². The maximum absolute atomic E-state index is 12.9. The molecule has 0 saturated carbocycles. The van der Waals surface area contributed by atoms with Crippen LogP contribution in [0.2, 0.25) is 0 Å². The molecule has 1 fully saturated rings. The molecule has 8 nitrogen and oxygen atoms in total. The summed E-state index contributed by atoms with van der Waals surface area (Å²) in [5, 5.41) is 14.1. The molecule has 3 aromatic rings. The molecule has 11 heteroatoms. The Morgan fingerprint density at radius 2 is 1.94 bits per heavy atom. The fourth-order valence-electron chi connectivity index (χ4n) is 3.74. The Bertz CT molecular complexity index is 1280. The Morgan fingerprint density at radius 1 is 1.18 bits per heavy atom. The third-order valence-electron chi connectivity index (χ3n) is 5.33. The van der Waals surface area contributed by atoms with Gasteiger partial charge in [-0.05, 0) is 17.7 Å². The molecule has 5 rings (SSSR count). The number of carboxylic acid groups (broad SMARTS) is 1. The Morgan fingerprint density at radius 3 is 2.68 bits per heavy atom. The quantitative estimate of drug-likeness (QED) is 0.466. The van der Waals surface area contributed by atoms with Gasteiger partial charge in [-0.3, -0.25) is 19.5 Å². The number of pyridine rings is 1. The molecule has 172 valence electrons. The molecule has 1 unspecified atom stereocenters. The summed E-state index contributed by atoms with van der Waals surface area (Å²) in [4.78, 5) is 47.9. The minimum atomic E-state index is -1.17. The number of nitrogens with zero attached hydrogens (tertiary/aromatic N) is 3. The van der Waals surface area contributed by atoms with Crippen LogP contribution < -0.4 is 5.32 Å². The van der Waals surface area contributed by atoms with Crippen LogP contribution in [0.5, 0.6) is 0 Å². The van der Waals surface area contributed by atoms with Gasteiger partial charge in [0.15, 0.2) is 4.34 Å². The second-order valence-corrected chi connectivity index (χ2v) is 10.8. The average Bonchev–Trinajstić information content (AvgIpc) is 3.32. The van der Waals surface area contributed by atoms with E-state index < -0.39 is 23.3 Å². The van der Waals surface area contributed by atoms with Gasteiger partial charge in [0.05, 0.1) is 12.1 Å². The van der Waals surface area contributed by atoms with Crippen LogP contribution in [0.3, 0.4) is 0 Å². The van der Waals surface area contributed by atoms with Crippen molar-refractivity contribution in [3.63, 3.8) is 0 Å². The predicted molar refractivity (Wildman–Crippen MR) is 131 cm³/mol. The van der Waals surface area contributed by atoms with Gasteiger partial charge in [0.25, 0.3) is 5.91 Å². The number of carbonyl (C=O) groups excluding carboxylic acids is 2. The zero-order chi connectivity index (χ0) is 23.7.